The van der Waals surface area contributed by atoms with Crippen LogP contribution in [0, 0.1) is 5.92 Å². The molecule has 1 aromatic rings. The van der Waals surface area contributed by atoms with E-state index in [4.69, 9.17) is 0 Å². The molecule has 0 atom stereocenters. The van der Waals surface area contributed by atoms with E-state index in [1.165, 1.54) is 6.07 Å². The summed E-state index contributed by atoms with van der Waals surface area (Å²) < 4.78 is 65.9. The fourth-order valence-electron chi connectivity index (χ4n) is 2.40. The van der Waals surface area contributed by atoms with Gasteiger partial charge in [-0.15, -0.1) is 0 Å². The van der Waals surface area contributed by atoms with Crippen molar-refractivity contribution in [3.05, 3.63) is 34.9 Å². The largest absolute Gasteiger partial charge is 0.417 e. The van der Waals surface area contributed by atoms with Crippen molar-refractivity contribution in [1.82, 2.24) is 0 Å². The summed E-state index contributed by atoms with van der Waals surface area (Å²) in [5.41, 5.74) is -1.37. The van der Waals surface area contributed by atoms with E-state index in [-0.39, 0.29) is 23.5 Å². The van der Waals surface area contributed by atoms with E-state index in [0.29, 0.717) is 0 Å². The number of Topliss-reactive ketones (excluding diaryl/α,β-unsaturated/α-hetero) is 1. The van der Waals surface area contributed by atoms with Crippen molar-refractivity contribution in [2.24, 2.45) is 5.92 Å². The Morgan fingerprint density at radius 2 is 1.96 bits per heavy atom. The Labute approximate surface area is 132 Å². The van der Waals surface area contributed by atoms with Crippen LogP contribution >= 0.6 is 0 Å². The van der Waals surface area contributed by atoms with Gasteiger partial charge in [-0.3, -0.25) is 8.98 Å². The molecule has 0 aromatic heterocycles. The van der Waals surface area contributed by atoms with Gasteiger partial charge in [-0.05, 0) is 17.5 Å². The Kier molecular flexibility index (Phi) is 5.15. The monoisotopic (exact) mass is 350 g/mol. The summed E-state index contributed by atoms with van der Waals surface area (Å²) in [5.74, 6) is -0.366. The van der Waals surface area contributed by atoms with Gasteiger partial charge in [0.25, 0.3) is 10.1 Å². The lowest BCUT2D eigenvalue weighted by Gasteiger charge is -2.25. The molecule has 1 aliphatic rings. The number of hydrogen-bond donors (Lipinski definition) is 0. The van der Waals surface area contributed by atoms with Crippen molar-refractivity contribution in [2.45, 2.75) is 38.5 Å². The molecule has 1 aromatic carbocycles. The Hall–Kier alpha value is -1.41. The third kappa shape index (κ3) is 5.04. The van der Waals surface area contributed by atoms with Crippen LogP contribution in [0.15, 0.2) is 18.2 Å². The molecule has 0 amide bonds. The quantitative estimate of drug-likeness (QED) is 0.581. The third-order valence-electron chi connectivity index (χ3n) is 3.83. The maximum atomic E-state index is 13.2. The highest BCUT2D eigenvalue weighted by Gasteiger charge is 2.36. The minimum Gasteiger partial charge on any atom is -0.294 e. The van der Waals surface area contributed by atoms with Gasteiger partial charge in [0.15, 0.2) is 5.78 Å². The molecule has 0 N–H and O–H groups in total. The lowest BCUT2D eigenvalue weighted by atomic mass is 9.80. The minimum atomic E-state index is -4.69. The lowest BCUT2D eigenvalue weighted by Crippen LogP contribution is -2.19. The van der Waals surface area contributed by atoms with Crippen LogP contribution in [0.2, 0.25) is 0 Å². The van der Waals surface area contributed by atoms with Gasteiger partial charge < -0.3 is 0 Å². The molecule has 0 aliphatic heterocycles. The Morgan fingerprint density at radius 3 is 2.43 bits per heavy atom. The molecule has 1 aliphatic carbocycles. The van der Waals surface area contributed by atoms with E-state index >= 15 is 0 Å². The average Bonchev–Trinajstić information content (AvgIpc) is 2.38. The van der Waals surface area contributed by atoms with E-state index in [9.17, 15) is 26.4 Å². The van der Waals surface area contributed by atoms with Gasteiger partial charge in [0, 0.05) is 12.0 Å². The van der Waals surface area contributed by atoms with Crippen molar-refractivity contribution < 1.29 is 30.6 Å². The number of carbonyl (C=O) groups is 1. The molecule has 1 fully saturated rings. The second-order valence-electron chi connectivity index (χ2n) is 5.77. The highest BCUT2D eigenvalue weighted by Crippen LogP contribution is 2.36. The van der Waals surface area contributed by atoms with E-state index in [0.717, 1.165) is 37.7 Å². The molecule has 0 radical (unpaired) electrons. The summed E-state index contributed by atoms with van der Waals surface area (Å²) in [5, 5.41) is 0. The first-order valence-corrected chi connectivity index (χ1v) is 8.95. The summed E-state index contributed by atoms with van der Waals surface area (Å²) in [7, 11) is -3.76. The molecule has 4 nitrogen and oxygen atoms in total. The number of rotatable bonds is 6. The molecule has 1 saturated carbocycles. The average molecular weight is 350 g/mol. The molecule has 0 saturated heterocycles. The normalized spacial score (nSPS) is 16.2. The zero-order chi connectivity index (χ0) is 17.3. The molecule has 0 heterocycles. The topological polar surface area (TPSA) is 60.4 Å². The van der Waals surface area contributed by atoms with E-state index in [2.05, 4.69) is 4.18 Å². The van der Waals surface area contributed by atoms with Gasteiger partial charge in [0.05, 0.1) is 18.4 Å². The minimum absolute atomic E-state index is 0.0444. The van der Waals surface area contributed by atoms with E-state index in [1.54, 1.807) is 0 Å². The molecule has 8 heteroatoms. The van der Waals surface area contributed by atoms with Crippen molar-refractivity contribution in [2.75, 3.05) is 6.26 Å². The van der Waals surface area contributed by atoms with Gasteiger partial charge in [-0.1, -0.05) is 31.4 Å². The van der Waals surface area contributed by atoms with Crippen molar-refractivity contribution in [3.63, 3.8) is 0 Å². The predicted octanol–water partition coefficient (Wildman–Crippen LogP) is 3.55. The Balaban J connectivity index is 2.25. The van der Waals surface area contributed by atoms with Crippen LogP contribution < -0.4 is 0 Å². The number of alkyl halides is 3. The molecular formula is C15H17F3O4S. The SMILES string of the molecule is CS(=O)(=O)OCc1ccc(C(=O)CC2CCC2)c(C(F)(F)F)c1. The number of hydrogen-bond acceptors (Lipinski definition) is 4. The van der Waals surface area contributed by atoms with Crippen LogP contribution in [0.5, 0.6) is 0 Å². The fourth-order valence-corrected chi connectivity index (χ4v) is 2.75. The van der Waals surface area contributed by atoms with Crippen LogP contribution in [-0.2, 0) is 27.1 Å². The molecular weight excluding hydrogens is 333 g/mol. The van der Waals surface area contributed by atoms with Gasteiger partial charge in [-0.2, -0.15) is 21.6 Å². The van der Waals surface area contributed by atoms with Gasteiger partial charge in [0.2, 0.25) is 0 Å². The number of halogens is 3. The van der Waals surface area contributed by atoms with Gasteiger partial charge in [-0.25, -0.2) is 0 Å². The molecule has 23 heavy (non-hydrogen) atoms. The number of carbonyl (C=O) groups excluding carboxylic acids is 1. The smallest absolute Gasteiger partial charge is 0.294 e. The molecule has 0 spiro atoms. The van der Waals surface area contributed by atoms with Crippen molar-refractivity contribution in [3.8, 4) is 0 Å². The molecule has 0 bridgehead atoms. The summed E-state index contributed by atoms with van der Waals surface area (Å²) >= 11 is 0. The summed E-state index contributed by atoms with van der Waals surface area (Å²) in [6.45, 7) is -0.501. The second-order valence-corrected chi connectivity index (χ2v) is 7.41. The zero-order valence-electron chi connectivity index (χ0n) is 12.5. The molecule has 128 valence electrons. The molecule has 0 unspecified atom stereocenters. The summed E-state index contributed by atoms with van der Waals surface area (Å²) in [6, 6.07) is 3.17. The first-order valence-electron chi connectivity index (χ1n) is 7.14. The molecule has 2 rings (SSSR count). The summed E-state index contributed by atoms with van der Waals surface area (Å²) in [4.78, 5) is 12.1. The Bertz CT molecular complexity index is 691. The highest BCUT2D eigenvalue weighted by atomic mass is 32.2. The van der Waals surface area contributed by atoms with Crippen LogP contribution in [0.1, 0.15) is 47.2 Å². The third-order valence-corrected chi connectivity index (χ3v) is 4.37. The predicted molar refractivity (Wildman–Crippen MR) is 77.4 cm³/mol. The summed E-state index contributed by atoms with van der Waals surface area (Å²) in [6.07, 6.45) is -1.02. The zero-order valence-corrected chi connectivity index (χ0v) is 13.3. The first-order chi connectivity index (χ1) is 10.6. The van der Waals surface area contributed by atoms with Crippen LogP contribution in [0.4, 0.5) is 13.2 Å². The van der Waals surface area contributed by atoms with Crippen LogP contribution in [0.3, 0.4) is 0 Å². The number of ketones is 1. The second kappa shape index (κ2) is 6.60. The fraction of sp³-hybridized carbons (Fsp3) is 0.533. The highest BCUT2D eigenvalue weighted by molar-refractivity contribution is 7.85. The first kappa shape index (κ1) is 17.9. The Morgan fingerprint density at radius 1 is 1.30 bits per heavy atom. The van der Waals surface area contributed by atoms with Crippen LogP contribution in [0.25, 0.3) is 0 Å². The standard InChI is InChI=1S/C15H17F3O4S/c1-23(20,21)22-9-11-5-6-12(13(7-11)15(16,17)18)14(19)8-10-3-2-4-10/h5-7,10H,2-4,8-9H2,1H3. The van der Waals surface area contributed by atoms with E-state index in [1.807, 2.05) is 0 Å². The van der Waals surface area contributed by atoms with Gasteiger partial charge >= 0.3 is 6.18 Å². The number of benzene rings is 1. The van der Waals surface area contributed by atoms with Crippen molar-refractivity contribution in [1.29, 1.82) is 0 Å². The van der Waals surface area contributed by atoms with Crippen molar-refractivity contribution >= 4 is 15.9 Å². The maximum Gasteiger partial charge on any atom is 0.417 e. The lowest BCUT2D eigenvalue weighted by molar-refractivity contribution is -0.138. The van der Waals surface area contributed by atoms with Crippen LogP contribution in [-0.4, -0.2) is 20.5 Å². The van der Waals surface area contributed by atoms with Gasteiger partial charge in [0.1, 0.15) is 0 Å². The maximum absolute atomic E-state index is 13.2. The van der Waals surface area contributed by atoms with E-state index < -0.39 is 34.2 Å².